The maximum atomic E-state index is 12.3. The zero-order valence-corrected chi connectivity index (χ0v) is 10.9. The molecular weight excluding hydrogens is 284 g/mol. The lowest BCUT2D eigenvalue weighted by Crippen LogP contribution is -2.05. The third-order valence-electron chi connectivity index (χ3n) is 2.69. The molecule has 2 aromatic rings. The van der Waals surface area contributed by atoms with Crippen molar-refractivity contribution in [2.45, 2.75) is 9.79 Å². The van der Waals surface area contributed by atoms with Crippen molar-refractivity contribution in [3.05, 3.63) is 52.6 Å². The molecule has 7 nitrogen and oxygen atoms in total. The summed E-state index contributed by atoms with van der Waals surface area (Å²) in [6.07, 6.45) is 0. The zero-order chi connectivity index (χ0) is 14.9. The van der Waals surface area contributed by atoms with E-state index in [1.54, 1.807) is 0 Å². The standard InChI is InChI=1S/C12H10N2O5S/c13-12-10(15)2-1-3-11(12)20(18,19)9-6-4-8(5-7-9)14(16)17/h1-7,15H,13H2. The van der Waals surface area contributed by atoms with E-state index in [4.69, 9.17) is 5.73 Å². The van der Waals surface area contributed by atoms with E-state index >= 15 is 0 Å². The van der Waals surface area contributed by atoms with Gasteiger partial charge in [-0.1, -0.05) is 6.07 Å². The predicted molar refractivity (Wildman–Crippen MR) is 71.1 cm³/mol. The first-order chi connectivity index (χ1) is 9.34. The lowest BCUT2D eigenvalue weighted by molar-refractivity contribution is -0.384. The molecule has 20 heavy (non-hydrogen) atoms. The van der Waals surface area contributed by atoms with Gasteiger partial charge in [0, 0.05) is 12.1 Å². The summed E-state index contributed by atoms with van der Waals surface area (Å²) in [5, 5.41) is 20.0. The first-order valence-electron chi connectivity index (χ1n) is 5.41. The van der Waals surface area contributed by atoms with Gasteiger partial charge in [-0.15, -0.1) is 0 Å². The molecule has 0 aromatic heterocycles. The van der Waals surface area contributed by atoms with Crippen LogP contribution in [-0.4, -0.2) is 18.4 Å². The Labute approximate surface area is 114 Å². The smallest absolute Gasteiger partial charge is 0.269 e. The molecule has 2 aromatic carbocycles. The fourth-order valence-electron chi connectivity index (χ4n) is 1.64. The van der Waals surface area contributed by atoms with Gasteiger partial charge in [0.05, 0.1) is 20.4 Å². The van der Waals surface area contributed by atoms with E-state index in [1.807, 2.05) is 0 Å². The Hall–Kier alpha value is -2.61. The van der Waals surface area contributed by atoms with Crippen LogP contribution in [0.2, 0.25) is 0 Å². The Morgan fingerprint density at radius 3 is 2.25 bits per heavy atom. The number of phenols is 1. The van der Waals surface area contributed by atoms with E-state index in [2.05, 4.69) is 0 Å². The number of anilines is 1. The summed E-state index contributed by atoms with van der Waals surface area (Å²) in [6.45, 7) is 0. The summed E-state index contributed by atoms with van der Waals surface area (Å²) < 4.78 is 24.7. The predicted octanol–water partition coefficient (Wildman–Crippen LogP) is 1.72. The van der Waals surface area contributed by atoms with Crippen LogP contribution in [0.25, 0.3) is 0 Å². The van der Waals surface area contributed by atoms with Crippen molar-refractivity contribution in [1.82, 2.24) is 0 Å². The van der Waals surface area contributed by atoms with Crippen LogP contribution in [0.3, 0.4) is 0 Å². The third kappa shape index (κ3) is 2.28. The third-order valence-corrected chi connectivity index (χ3v) is 4.52. The summed E-state index contributed by atoms with van der Waals surface area (Å²) in [5.74, 6) is -0.340. The minimum Gasteiger partial charge on any atom is -0.506 e. The minimum absolute atomic E-state index is 0.139. The second kappa shape index (κ2) is 4.82. The lowest BCUT2D eigenvalue weighted by atomic mass is 10.3. The monoisotopic (exact) mass is 294 g/mol. The topological polar surface area (TPSA) is 124 Å². The van der Waals surface area contributed by atoms with Crippen LogP contribution in [-0.2, 0) is 9.84 Å². The maximum Gasteiger partial charge on any atom is 0.269 e. The molecule has 0 fully saturated rings. The van der Waals surface area contributed by atoms with Gasteiger partial charge in [-0.25, -0.2) is 8.42 Å². The number of nitro groups is 1. The largest absolute Gasteiger partial charge is 0.506 e. The molecule has 0 saturated carbocycles. The number of nitrogens with zero attached hydrogens (tertiary/aromatic N) is 1. The summed E-state index contributed by atoms with van der Waals surface area (Å²) in [6, 6.07) is 8.30. The summed E-state index contributed by atoms with van der Waals surface area (Å²) >= 11 is 0. The van der Waals surface area contributed by atoms with Crippen molar-refractivity contribution >= 4 is 21.2 Å². The number of benzene rings is 2. The van der Waals surface area contributed by atoms with Crippen molar-refractivity contribution in [3.63, 3.8) is 0 Å². The normalized spacial score (nSPS) is 11.2. The number of sulfone groups is 1. The number of hydrogen-bond donors (Lipinski definition) is 2. The molecule has 2 rings (SSSR count). The Bertz CT molecular complexity index is 769. The van der Waals surface area contributed by atoms with Gasteiger partial charge in [-0.2, -0.15) is 0 Å². The van der Waals surface area contributed by atoms with E-state index in [0.717, 1.165) is 24.3 Å². The number of hydrogen-bond acceptors (Lipinski definition) is 6. The van der Waals surface area contributed by atoms with Gasteiger partial charge in [0.15, 0.2) is 0 Å². The average Bonchev–Trinajstić information content (AvgIpc) is 2.41. The van der Waals surface area contributed by atoms with Gasteiger partial charge in [-0.05, 0) is 24.3 Å². The molecule has 0 unspecified atom stereocenters. The highest BCUT2D eigenvalue weighted by Crippen LogP contribution is 2.32. The highest BCUT2D eigenvalue weighted by atomic mass is 32.2. The molecule has 0 aliphatic carbocycles. The first kappa shape index (κ1) is 13.8. The molecule has 3 N–H and O–H groups in total. The molecule has 0 bridgehead atoms. The van der Waals surface area contributed by atoms with E-state index in [-0.39, 0.29) is 26.9 Å². The second-order valence-corrected chi connectivity index (χ2v) is 5.86. The SMILES string of the molecule is Nc1c(O)cccc1S(=O)(=O)c1ccc([N+](=O)[O-])cc1. The molecule has 0 saturated heterocycles. The van der Waals surface area contributed by atoms with E-state index < -0.39 is 14.8 Å². The number of nitro benzene ring substituents is 1. The summed E-state index contributed by atoms with van der Waals surface area (Å²) in [4.78, 5) is 9.53. The Kier molecular flexibility index (Phi) is 3.33. The van der Waals surface area contributed by atoms with E-state index in [1.165, 1.54) is 18.2 Å². The molecule has 0 heterocycles. The van der Waals surface area contributed by atoms with Gasteiger partial charge in [-0.3, -0.25) is 10.1 Å². The van der Waals surface area contributed by atoms with Gasteiger partial charge in [0.2, 0.25) is 9.84 Å². The van der Waals surface area contributed by atoms with Crippen LogP contribution in [0.1, 0.15) is 0 Å². The Morgan fingerprint density at radius 2 is 1.70 bits per heavy atom. The quantitative estimate of drug-likeness (QED) is 0.384. The molecule has 0 amide bonds. The highest BCUT2D eigenvalue weighted by Gasteiger charge is 2.22. The van der Waals surface area contributed by atoms with Crippen molar-refractivity contribution in [2.75, 3.05) is 5.73 Å². The second-order valence-electron chi connectivity index (χ2n) is 3.94. The summed E-state index contributed by atoms with van der Waals surface area (Å²) in [7, 11) is -3.94. The Morgan fingerprint density at radius 1 is 1.10 bits per heavy atom. The van der Waals surface area contributed by atoms with Crippen molar-refractivity contribution in [2.24, 2.45) is 0 Å². The molecule has 0 aliphatic rings. The number of aromatic hydroxyl groups is 1. The number of phenolic OH excluding ortho intramolecular Hbond substituents is 1. The van der Waals surface area contributed by atoms with Crippen LogP contribution in [0.5, 0.6) is 5.75 Å². The number of nitrogens with two attached hydrogens (primary N) is 1. The number of nitrogen functional groups attached to an aromatic ring is 1. The fraction of sp³-hybridized carbons (Fsp3) is 0. The molecular formula is C12H10N2O5S. The van der Waals surface area contributed by atoms with Crippen LogP contribution in [0.4, 0.5) is 11.4 Å². The number of para-hydroxylation sites is 1. The van der Waals surface area contributed by atoms with Crippen molar-refractivity contribution in [3.8, 4) is 5.75 Å². The molecule has 104 valence electrons. The van der Waals surface area contributed by atoms with Gasteiger partial charge in [0.25, 0.3) is 5.69 Å². The van der Waals surface area contributed by atoms with Crippen molar-refractivity contribution < 1.29 is 18.4 Å². The fourth-order valence-corrected chi connectivity index (χ4v) is 3.04. The molecule has 0 atom stereocenters. The molecule has 8 heteroatoms. The molecule has 0 spiro atoms. The van der Waals surface area contributed by atoms with Crippen molar-refractivity contribution in [1.29, 1.82) is 0 Å². The lowest BCUT2D eigenvalue weighted by Gasteiger charge is -2.08. The van der Waals surface area contributed by atoms with Crippen LogP contribution in [0.15, 0.2) is 52.3 Å². The van der Waals surface area contributed by atoms with Gasteiger partial charge < -0.3 is 10.8 Å². The highest BCUT2D eigenvalue weighted by molar-refractivity contribution is 7.91. The molecule has 0 aliphatic heterocycles. The minimum atomic E-state index is -3.94. The van der Waals surface area contributed by atoms with Crippen LogP contribution < -0.4 is 5.73 Å². The Balaban J connectivity index is 2.55. The number of non-ortho nitro benzene ring substituents is 1. The van der Waals surface area contributed by atoms with Crippen LogP contribution in [0, 0.1) is 10.1 Å². The zero-order valence-electron chi connectivity index (χ0n) is 10.1. The maximum absolute atomic E-state index is 12.3. The van der Waals surface area contributed by atoms with Gasteiger partial charge >= 0.3 is 0 Å². The first-order valence-corrected chi connectivity index (χ1v) is 6.89. The number of rotatable bonds is 3. The molecule has 0 radical (unpaired) electrons. The van der Waals surface area contributed by atoms with Crippen LogP contribution >= 0.6 is 0 Å². The van der Waals surface area contributed by atoms with Gasteiger partial charge in [0.1, 0.15) is 5.75 Å². The average molecular weight is 294 g/mol. The van der Waals surface area contributed by atoms with E-state index in [9.17, 15) is 23.6 Å². The van der Waals surface area contributed by atoms with E-state index in [0.29, 0.717) is 0 Å². The summed E-state index contributed by atoms with van der Waals surface area (Å²) in [5.41, 5.74) is 5.07.